The minimum atomic E-state index is -0.483. The summed E-state index contributed by atoms with van der Waals surface area (Å²) in [7, 11) is 0. The molecule has 0 aromatic heterocycles. The Balaban J connectivity index is 3.62. The molecule has 26 heavy (non-hydrogen) atoms. The zero-order valence-electron chi connectivity index (χ0n) is 17.9. The Morgan fingerprint density at radius 1 is 0.615 bits per heavy atom. The van der Waals surface area contributed by atoms with Gasteiger partial charge in [-0.05, 0) is 36.5 Å². The van der Waals surface area contributed by atoms with Crippen LogP contribution in [0.5, 0.6) is 0 Å². The molecule has 0 saturated heterocycles. The number of rotatable bonds is 12. The Hall–Kier alpha value is -1.32. The van der Waals surface area contributed by atoms with Crippen LogP contribution in [0.2, 0.25) is 0 Å². The Labute approximate surface area is 160 Å². The number of hydrogen-bond donors (Lipinski definition) is 0. The molecule has 4 nitrogen and oxygen atoms in total. The van der Waals surface area contributed by atoms with Gasteiger partial charge < -0.3 is 9.47 Å². The summed E-state index contributed by atoms with van der Waals surface area (Å²) in [5, 5.41) is 0. The van der Waals surface area contributed by atoms with Gasteiger partial charge in [0, 0.05) is 12.2 Å². The van der Waals surface area contributed by atoms with E-state index in [-0.39, 0.29) is 0 Å². The van der Waals surface area contributed by atoms with Crippen molar-refractivity contribution in [2.75, 3.05) is 13.2 Å². The van der Waals surface area contributed by atoms with Gasteiger partial charge in [0.15, 0.2) is 0 Å². The van der Waals surface area contributed by atoms with Crippen LogP contribution in [-0.4, -0.2) is 25.2 Å². The lowest BCUT2D eigenvalue weighted by Gasteiger charge is -2.17. The summed E-state index contributed by atoms with van der Waals surface area (Å²) in [4.78, 5) is 23.1. The average Bonchev–Trinajstić information content (AvgIpc) is 2.50. The van der Waals surface area contributed by atoms with Crippen LogP contribution in [0, 0.1) is 10.8 Å². The second-order valence-electron chi connectivity index (χ2n) is 9.41. The van der Waals surface area contributed by atoms with E-state index in [2.05, 4.69) is 41.5 Å². The molecule has 0 aliphatic heterocycles. The van der Waals surface area contributed by atoms with Crippen LogP contribution in [-0.2, 0) is 19.1 Å². The van der Waals surface area contributed by atoms with Crippen molar-refractivity contribution >= 4 is 11.9 Å². The maximum Gasteiger partial charge on any atom is 0.331 e. The van der Waals surface area contributed by atoms with E-state index in [1.165, 1.54) is 12.8 Å². The molecule has 0 aromatic rings. The molecule has 0 aliphatic carbocycles. The number of ether oxygens (including phenoxy) is 2. The average molecular weight is 369 g/mol. The highest BCUT2D eigenvalue weighted by Gasteiger charge is 2.09. The fourth-order valence-electron chi connectivity index (χ4n) is 2.45. The first-order chi connectivity index (χ1) is 12.0. The molecule has 0 aliphatic rings. The van der Waals surface area contributed by atoms with Gasteiger partial charge in [0.1, 0.15) is 0 Å². The fraction of sp³-hybridized carbons (Fsp3) is 0.818. The van der Waals surface area contributed by atoms with Gasteiger partial charge in [0.25, 0.3) is 0 Å². The van der Waals surface area contributed by atoms with Crippen molar-refractivity contribution < 1.29 is 19.1 Å². The second kappa shape index (κ2) is 12.9. The van der Waals surface area contributed by atoms with E-state index < -0.39 is 11.9 Å². The van der Waals surface area contributed by atoms with E-state index in [9.17, 15) is 9.59 Å². The van der Waals surface area contributed by atoms with Gasteiger partial charge in [-0.1, -0.05) is 67.2 Å². The van der Waals surface area contributed by atoms with E-state index >= 15 is 0 Å². The largest absolute Gasteiger partial charge is 0.463 e. The molecule has 0 radical (unpaired) electrons. The van der Waals surface area contributed by atoms with Gasteiger partial charge in [-0.2, -0.15) is 0 Å². The van der Waals surface area contributed by atoms with Gasteiger partial charge in [-0.25, -0.2) is 9.59 Å². The minimum absolute atomic E-state index is 0.354. The van der Waals surface area contributed by atoms with Crippen molar-refractivity contribution in [1.82, 2.24) is 0 Å². The summed E-state index contributed by atoms with van der Waals surface area (Å²) in [6.07, 6.45) is 10.7. The molecule has 0 heterocycles. The van der Waals surface area contributed by atoms with E-state index in [1.54, 1.807) is 0 Å². The molecule has 0 atom stereocenters. The molecule has 0 spiro atoms. The van der Waals surface area contributed by atoms with Crippen LogP contribution in [0.15, 0.2) is 12.2 Å². The SMILES string of the molecule is CC(C)(C)CCCCCOC(=O)/C=C\C(=O)OCCCCCC(C)(C)C. The Morgan fingerprint density at radius 3 is 1.27 bits per heavy atom. The number of carbonyl (C=O) groups is 2. The standard InChI is InChI=1S/C22H40O4/c1-21(2,3)15-9-7-11-17-25-19(23)13-14-20(24)26-18-12-8-10-16-22(4,5)6/h13-14H,7-12,15-18H2,1-6H3/b14-13-. The first kappa shape index (κ1) is 24.7. The Morgan fingerprint density at radius 2 is 0.962 bits per heavy atom. The van der Waals surface area contributed by atoms with E-state index in [4.69, 9.17) is 9.47 Å². The van der Waals surface area contributed by atoms with Gasteiger partial charge in [-0.3, -0.25) is 0 Å². The predicted octanol–water partition coefficient (Wildman–Crippen LogP) is 5.84. The molecule has 0 aromatic carbocycles. The summed E-state index contributed by atoms with van der Waals surface area (Å²) in [5.74, 6) is -0.967. The molecule has 4 heteroatoms. The van der Waals surface area contributed by atoms with Crippen LogP contribution in [0.25, 0.3) is 0 Å². The van der Waals surface area contributed by atoms with E-state index in [1.807, 2.05) is 0 Å². The quantitative estimate of drug-likeness (QED) is 0.247. The number of unbranched alkanes of at least 4 members (excludes halogenated alkanes) is 4. The van der Waals surface area contributed by atoms with Crippen LogP contribution in [0.4, 0.5) is 0 Å². The molecule has 0 fully saturated rings. The lowest BCUT2D eigenvalue weighted by Crippen LogP contribution is -2.07. The first-order valence-corrected chi connectivity index (χ1v) is 10.0. The fourth-order valence-corrected chi connectivity index (χ4v) is 2.45. The van der Waals surface area contributed by atoms with Gasteiger partial charge >= 0.3 is 11.9 Å². The molecule has 152 valence electrons. The molecule has 0 unspecified atom stereocenters. The zero-order valence-corrected chi connectivity index (χ0v) is 17.9. The third-order valence-corrected chi connectivity index (χ3v) is 3.99. The van der Waals surface area contributed by atoms with Gasteiger partial charge in [-0.15, -0.1) is 0 Å². The molecule has 0 amide bonds. The highest BCUT2D eigenvalue weighted by molar-refractivity contribution is 5.91. The van der Waals surface area contributed by atoms with Crippen LogP contribution >= 0.6 is 0 Å². The van der Waals surface area contributed by atoms with Gasteiger partial charge in [0.2, 0.25) is 0 Å². The number of esters is 2. The monoisotopic (exact) mass is 368 g/mol. The Kier molecular flexibility index (Phi) is 12.3. The molecule has 0 N–H and O–H groups in total. The smallest absolute Gasteiger partial charge is 0.331 e. The third kappa shape index (κ3) is 19.0. The van der Waals surface area contributed by atoms with Crippen LogP contribution in [0.3, 0.4) is 0 Å². The minimum Gasteiger partial charge on any atom is -0.463 e. The first-order valence-electron chi connectivity index (χ1n) is 10.0. The molecule has 0 saturated carbocycles. The highest BCUT2D eigenvalue weighted by Crippen LogP contribution is 2.22. The van der Waals surface area contributed by atoms with Crippen molar-refractivity contribution in [3.63, 3.8) is 0 Å². The van der Waals surface area contributed by atoms with Crippen molar-refractivity contribution in [3.8, 4) is 0 Å². The summed E-state index contributed by atoms with van der Waals surface area (Å²) in [6, 6.07) is 0. The van der Waals surface area contributed by atoms with Crippen molar-refractivity contribution in [3.05, 3.63) is 12.2 Å². The van der Waals surface area contributed by atoms with E-state index in [0.29, 0.717) is 24.0 Å². The molecular formula is C22H40O4. The number of carbonyl (C=O) groups excluding carboxylic acids is 2. The van der Waals surface area contributed by atoms with E-state index in [0.717, 1.165) is 50.7 Å². The Bertz CT molecular complexity index is 384. The van der Waals surface area contributed by atoms with Crippen molar-refractivity contribution in [2.24, 2.45) is 10.8 Å². The van der Waals surface area contributed by atoms with Crippen molar-refractivity contribution in [2.45, 2.75) is 92.9 Å². The maximum atomic E-state index is 11.5. The summed E-state index contributed by atoms with van der Waals surface area (Å²) >= 11 is 0. The molecule has 0 rings (SSSR count). The molecular weight excluding hydrogens is 328 g/mol. The van der Waals surface area contributed by atoms with Crippen LogP contribution in [0.1, 0.15) is 92.9 Å². The second-order valence-corrected chi connectivity index (χ2v) is 9.41. The van der Waals surface area contributed by atoms with Crippen molar-refractivity contribution in [1.29, 1.82) is 0 Å². The molecule has 0 bridgehead atoms. The highest BCUT2D eigenvalue weighted by atomic mass is 16.5. The lowest BCUT2D eigenvalue weighted by atomic mass is 9.89. The van der Waals surface area contributed by atoms with Gasteiger partial charge in [0.05, 0.1) is 13.2 Å². The summed E-state index contributed by atoms with van der Waals surface area (Å²) in [5.41, 5.74) is 0.707. The predicted molar refractivity (Wildman–Crippen MR) is 107 cm³/mol. The van der Waals surface area contributed by atoms with Crippen LogP contribution < -0.4 is 0 Å². The normalized spacial score (nSPS) is 12.4. The zero-order chi connectivity index (χ0) is 20.1. The summed E-state index contributed by atoms with van der Waals surface area (Å²) < 4.78 is 10.2. The lowest BCUT2D eigenvalue weighted by molar-refractivity contribution is -0.140. The third-order valence-electron chi connectivity index (χ3n) is 3.99. The number of hydrogen-bond acceptors (Lipinski definition) is 4. The topological polar surface area (TPSA) is 52.6 Å². The maximum absolute atomic E-state index is 11.5. The summed E-state index contributed by atoms with van der Waals surface area (Å²) in [6.45, 7) is 14.1.